The van der Waals surface area contributed by atoms with Crippen LogP contribution < -0.4 is 18.9 Å². The van der Waals surface area contributed by atoms with Crippen molar-refractivity contribution in [3.05, 3.63) is 133 Å². The third-order valence-electron chi connectivity index (χ3n) is 6.80. The van der Waals surface area contributed by atoms with Crippen LogP contribution in [0.5, 0.6) is 5.75 Å². The van der Waals surface area contributed by atoms with Crippen LogP contribution in [-0.2, 0) is 0 Å². The molecule has 0 fully saturated rings. The van der Waals surface area contributed by atoms with Gasteiger partial charge in [-0.1, -0.05) is 91.0 Å². The number of hydrogen-bond donors (Lipinski definition) is 1. The van der Waals surface area contributed by atoms with E-state index in [9.17, 15) is 5.11 Å². The zero-order chi connectivity index (χ0) is 26.8. The number of aromatic hydroxyl groups is 1. The van der Waals surface area contributed by atoms with Crippen LogP contribution in [0.4, 0.5) is 0 Å². The van der Waals surface area contributed by atoms with E-state index in [-0.39, 0.29) is 26.0 Å². The minimum absolute atomic E-state index is 0. The molecular weight excluding hydrogens is 485 g/mol. The van der Waals surface area contributed by atoms with E-state index in [0.717, 1.165) is 38.6 Å². The second-order valence-electron chi connectivity index (χ2n) is 9.56. The molecular formula is C35H28LiN3O. The fourth-order valence-corrected chi connectivity index (χ4v) is 5.03. The van der Waals surface area contributed by atoms with Crippen molar-refractivity contribution in [1.82, 2.24) is 15.0 Å². The Hall–Kier alpha value is -4.49. The second-order valence-corrected chi connectivity index (χ2v) is 9.56. The van der Waals surface area contributed by atoms with Crippen molar-refractivity contribution in [3.63, 3.8) is 0 Å². The fraction of sp³-hybridized carbons (Fsp3) is 0.0571. The number of phenolic OH excluding ortho intramolecular Hbond substituents is 1. The van der Waals surface area contributed by atoms with Crippen LogP contribution >= 0.6 is 0 Å². The van der Waals surface area contributed by atoms with E-state index in [1.807, 2.05) is 30.3 Å². The standard InChI is InChI=1S/C26H20N2.C9H7NO.Li.H/c1-17-15-23(19-9-5-3-6-10-19)21-13-14-22-24(20-11-7-4-8-12-20)16-18(2)28-26(22)25(21)27-17;11-8-5-1-3-7-4-2-6-10-9(7)8;;/h3-16H,1-2H3;1-6,11H;;/q;;+1;-1. The van der Waals surface area contributed by atoms with Gasteiger partial charge in [-0.05, 0) is 60.4 Å². The van der Waals surface area contributed by atoms with E-state index in [0.29, 0.717) is 5.52 Å². The molecule has 0 aliphatic carbocycles. The van der Waals surface area contributed by atoms with Crippen LogP contribution in [-0.4, -0.2) is 20.1 Å². The molecule has 0 aliphatic rings. The topological polar surface area (TPSA) is 58.9 Å². The first kappa shape index (κ1) is 27.1. The van der Waals surface area contributed by atoms with Gasteiger partial charge in [-0.25, -0.2) is 0 Å². The Morgan fingerprint density at radius 2 is 1.05 bits per heavy atom. The molecule has 0 spiro atoms. The molecule has 4 aromatic carbocycles. The molecule has 0 saturated carbocycles. The van der Waals surface area contributed by atoms with E-state index in [1.165, 1.54) is 22.3 Å². The van der Waals surface area contributed by atoms with Gasteiger partial charge in [-0.3, -0.25) is 15.0 Å². The first-order valence-electron chi connectivity index (χ1n) is 12.9. The van der Waals surface area contributed by atoms with Crippen molar-refractivity contribution < 1.29 is 25.4 Å². The Bertz CT molecular complexity index is 1840. The van der Waals surface area contributed by atoms with E-state index in [1.54, 1.807) is 18.3 Å². The van der Waals surface area contributed by atoms with Crippen molar-refractivity contribution in [3.8, 4) is 28.0 Å². The minimum Gasteiger partial charge on any atom is -1.00 e. The number of nitrogens with zero attached hydrogens (tertiary/aromatic N) is 3. The van der Waals surface area contributed by atoms with Gasteiger partial charge in [0.05, 0.1) is 11.0 Å². The van der Waals surface area contributed by atoms with Crippen LogP contribution in [0.3, 0.4) is 0 Å². The normalized spacial score (nSPS) is 10.7. The maximum atomic E-state index is 9.31. The molecule has 3 aromatic heterocycles. The average Bonchev–Trinajstić information content (AvgIpc) is 2.98. The monoisotopic (exact) mass is 513 g/mol. The Morgan fingerprint density at radius 3 is 1.55 bits per heavy atom. The van der Waals surface area contributed by atoms with Crippen LogP contribution in [0, 0.1) is 13.8 Å². The summed E-state index contributed by atoms with van der Waals surface area (Å²) in [5.41, 5.74) is 9.42. The summed E-state index contributed by atoms with van der Waals surface area (Å²) in [5.74, 6) is 0.239. The number of hydrogen-bond acceptors (Lipinski definition) is 4. The summed E-state index contributed by atoms with van der Waals surface area (Å²) in [5, 5.41) is 12.6. The molecule has 0 bridgehead atoms. The molecule has 0 saturated heterocycles. The number of benzene rings is 4. The zero-order valence-electron chi connectivity index (χ0n) is 23.8. The summed E-state index contributed by atoms with van der Waals surface area (Å²) in [6, 6.07) is 38.8. The summed E-state index contributed by atoms with van der Waals surface area (Å²) in [6.45, 7) is 4.11. The Kier molecular flexibility index (Phi) is 7.93. The fourth-order valence-electron chi connectivity index (χ4n) is 5.03. The molecule has 1 N–H and O–H groups in total. The van der Waals surface area contributed by atoms with Gasteiger partial charge in [-0.15, -0.1) is 0 Å². The maximum absolute atomic E-state index is 9.31. The van der Waals surface area contributed by atoms with Gasteiger partial charge < -0.3 is 6.53 Å². The summed E-state index contributed by atoms with van der Waals surface area (Å²) < 4.78 is 0. The van der Waals surface area contributed by atoms with Gasteiger partial charge in [0.15, 0.2) is 0 Å². The predicted molar refractivity (Wildman–Crippen MR) is 162 cm³/mol. The summed E-state index contributed by atoms with van der Waals surface area (Å²) in [7, 11) is 0. The van der Waals surface area contributed by atoms with Crippen molar-refractivity contribution in [1.29, 1.82) is 0 Å². The van der Waals surface area contributed by atoms with E-state index >= 15 is 0 Å². The average molecular weight is 514 g/mol. The van der Waals surface area contributed by atoms with Crippen LogP contribution in [0.2, 0.25) is 0 Å². The van der Waals surface area contributed by atoms with E-state index < -0.39 is 0 Å². The predicted octanol–water partition coefficient (Wildman–Crippen LogP) is 5.79. The Balaban J connectivity index is 0.000000252. The number of para-hydroxylation sites is 1. The summed E-state index contributed by atoms with van der Waals surface area (Å²) in [4.78, 5) is 13.8. The number of aryl methyl sites for hydroxylation is 2. The molecule has 3 heterocycles. The van der Waals surface area contributed by atoms with Gasteiger partial charge in [-0.2, -0.15) is 0 Å². The van der Waals surface area contributed by atoms with Crippen LogP contribution in [0.25, 0.3) is 55.0 Å². The maximum Gasteiger partial charge on any atom is 1.00 e. The molecule has 0 aliphatic heterocycles. The third-order valence-corrected chi connectivity index (χ3v) is 6.80. The minimum atomic E-state index is 0. The largest absolute Gasteiger partial charge is 1.00 e. The van der Waals surface area contributed by atoms with Crippen LogP contribution in [0.15, 0.2) is 121 Å². The van der Waals surface area contributed by atoms with Gasteiger partial charge in [0.25, 0.3) is 0 Å². The zero-order valence-corrected chi connectivity index (χ0v) is 22.8. The summed E-state index contributed by atoms with van der Waals surface area (Å²) >= 11 is 0. The first-order chi connectivity index (χ1) is 19.1. The van der Waals surface area contributed by atoms with E-state index in [2.05, 4.69) is 91.6 Å². The number of phenols is 1. The van der Waals surface area contributed by atoms with E-state index in [4.69, 9.17) is 9.97 Å². The molecule has 40 heavy (non-hydrogen) atoms. The summed E-state index contributed by atoms with van der Waals surface area (Å²) in [6.07, 6.45) is 1.67. The third kappa shape index (κ3) is 5.33. The quantitative estimate of drug-likeness (QED) is 0.235. The molecule has 4 nitrogen and oxygen atoms in total. The van der Waals surface area contributed by atoms with Crippen molar-refractivity contribution >= 4 is 32.7 Å². The molecule has 0 amide bonds. The smallest absolute Gasteiger partial charge is 1.00 e. The molecule has 7 aromatic rings. The molecule has 190 valence electrons. The van der Waals surface area contributed by atoms with Crippen molar-refractivity contribution in [2.24, 2.45) is 0 Å². The molecule has 0 unspecified atom stereocenters. The second kappa shape index (κ2) is 11.7. The molecule has 0 atom stereocenters. The number of rotatable bonds is 2. The Morgan fingerprint density at radius 1 is 0.550 bits per heavy atom. The van der Waals surface area contributed by atoms with Gasteiger partial charge >= 0.3 is 18.9 Å². The number of fused-ring (bicyclic) bond motifs is 4. The first-order valence-corrected chi connectivity index (χ1v) is 12.9. The molecule has 5 heteroatoms. The number of pyridine rings is 3. The van der Waals surface area contributed by atoms with Gasteiger partial charge in [0.1, 0.15) is 11.3 Å². The SMILES string of the molecule is Cc1cc(-c2ccccc2)c2ccc3c(-c4ccccc4)cc(C)nc3c2n1.Oc1cccc2cccnc12.[H-].[Li+]. The van der Waals surface area contributed by atoms with Crippen molar-refractivity contribution in [2.75, 3.05) is 0 Å². The van der Waals surface area contributed by atoms with Gasteiger partial charge in [0, 0.05) is 33.7 Å². The molecule has 7 rings (SSSR count). The van der Waals surface area contributed by atoms with Crippen LogP contribution in [0.1, 0.15) is 12.8 Å². The van der Waals surface area contributed by atoms with Crippen molar-refractivity contribution in [2.45, 2.75) is 13.8 Å². The number of aromatic nitrogens is 3. The Labute approximate surface area is 247 Å². The van der Waals surface area contributed by atoms with Gasteiger partial charge in [0.2, 0.25) is 0 Å². The molecule has 0 radical (unpaired) electrons.